The molecule has 0 aromatic rings. The van der Waals surface area contributed by atoms with Crippen LogP contribution in [0.25, 0.3) is 0 Å². The monoisotopic (exact) mass is 356 g/mol. The molecule has 0 unspecified atom stereocenters. The van der Waals surface area contributed by atoms with Crippen LogP contribution in [0, 0.1) is 0 Å². The zero-order valence-corrected chi connectivity index (χ0v) is 8.92. The molecule has 8 nitrogen and oxygen atoms in total. The molecule has 13 heteroatoms. The predicted octanol–water partition coefficient (Wildman–Crippen LogP) is -6.76. The first-order chi connectivity index (χ1) is 5.66. The van der Waals surface area contributed by atoms with Crippen molar-refractivity contribution in [1.82, 2.24) is 0 Å². The molecule has 0 aromatic carbocycles. The molecule has 0 aliphatic rings. The van der Waals surface area contributed by atoms with E-state index < -0.39 is 29.4 Å². The number of rotatable bonds is 0. The van der Waals surface area contributed by atoms with E-state index in [1.807, 2.05) is 0 Å². The summed E-state index contributed by atoms with van der Waals surface area (Å²) in [4.78, 5) is 0. The molecule has 0 heterocycles. The summed E-state index contributed by atoms with van der Waals surface area (Å²) in [5.41, 5.74) is 0. The number of hydrogen-bond donors (Lipinski definition) is 0. The fraction of sp³-hybridized carbons (Fsp3) is 0. The Morgan fingerprint density at radius 3 is 0.538 bits per heavy atom. The summed E-state index contributed by atoms with van der Waals surface area (Å²) in [6.45, 7) is 0. The summed E-state index contributed by atoms with van der Waals surface area (Å²) < 4.78 is 33.0. The van der Waals surface area contributed by atoms with Crippen molar-refractivity contribution >= 4 is 29.4 Å². The van der Waals surface area contributed by atoms with Gasteiger partial charge in [0.05, 0.1) is 0 Å². The van der Waals surface area contributed by atoms with Crippen molar-refractivity contribution in [3.8, 4) is 0 Å². The Bertz CT molecular complexity index is 70.1. The molecular weight excluding hydrogens is 355 g/mol. The van der Waals surface area contributed by atoms with Crippen LogP contribution in [0.4, 0.5) is 0 Å². The largest absolute Gasteiger partial charge is 0 e. The Morgan fingerprint density at radius 2 is 0.538 bits per heavy atom. The molecule has 13 heavy (non-hydrogen) atoms. The van der Waals surface area contributed by atoms with Gasteiger partial charge < -0.3 is 0 Å². The molecule has 70 valence electrons. The van der Waals surface area contributed by atoms with Gasteiger partial charge in [0, 0.05) is 21.1 Å². The summed E-state index contributed by atoms with van der Waals surface area (Å²) in [6.07, 6.45) is 0. The number of hydrogen-bond acceptors (Lipinski definition) is 8. The van der Waals surface area contributed by atoms with Crippen molar-refractivity contribution < 1.29 is 60.0 Å². The molecule has 0 N–H and O–H groups in total. The third kappa shape index (κ3) is 2330. The Kier molecular flexibility index (Phi) is 246. The van der Waals surface area contributed by atoms with Gasteiger partial charge in [-0.1, -0.05) is 0 Å². The van der Waals surface area contributed by atoms with Crippen LogP contribution in [0.3, 0.4) is 0 Å². The fourth-order valence-electron chi connectivity index (χ4n) is 0. The minimum atomic E-state index is -0.500. The summed E-state index contributed by atoms with van der Waals surface area (Å²) in [5.74, 6) is 0. The third-order valence-electron chi connectivity index (χ3n) is 0. The normalized spacial score (nSPS) is 2.46. The Labute approximate surface area is 89.8 Å². The maximum Gasteiger partial charge on any atom is 0 e. The van der Waals surface area contributed by atoms with E-state index in [2.05, 4.69) is 0 Å². The van der Waals surface area contributed by atoms with E-state index in [0.717, 1.165) is 0 Å². The van der Waals surface area contributed by atoms with E-state index in [0.29, 0.717) is 0 Å². The maximum atomic E-state index is 8.25. The molecule has 0 saturated carbocycles. The van der Waals surface area contributed by atoms with E-state index in [-0.39, 0.29) is 21.1 Å². The van der Waals surface area contributed by atoms with Crippen molar-refractivity contribution in [3.05, 3.63) is 0 Å². The van der Waals surface area contributed by atoms with Gasteiger partial charge >= 0.3 is 68.3 Å². The molecule has 0 rings (SSSR count). The standard InChI is InChI=1S/4BO2.W/c4*2-1-3;/q4*-1;. The van der Waals surface area contributed by atoms with Crippen LogP contribution >= 0.6 is 0 Å². The van der Waals surface area contributed by atoms with E-state index in [1.54, 1.807) is 0 Å². The van der Waals surface area contributed by atoms with Gasteiger partial charge in [-0.05, 0) is 0 Å². The molecule has 0 aliphatic heterocycles. The first kappa shape index (κ1) is 29.5. The van der Waals surface area contributed by atoms with Crippen molar-refractivity contribution in [2.45, 2.75) is 0 Å². The van der Waals surface area contributed by atoms with Crippen LogP contribution in [0.1, 0.15) is 0 Å². The van der Waals surface area contributed by atoms with Crippen molar-refractivity contribution in [1.29, 1.82) is 0 Å². The van der Waals surface area contributed by atoms with Gasteiger partial charge in [0.2, 0.25) is 0 Å². The first-order valence-electron chi connectivity index (χ1n) is 1.89. The quantitative estimate of drug-likeness (QED) is 0.387. The molecule has 0 saturated heterocycles. The van der Waals surface area contributed by atoms with Crippen LogP contribution in [0.15, 0.2) is 0 Å². The third-order valence-corrected chi connectivity index (χ3v) is 0. The molecule has 0 amide bonds. The van der Waals surface area contributed by atoms with Gasteiger partial charge in [0.15, 0.2) is 0 Å². The van der Waals surface area contributed by atoms with Crippen molar-refractivity contribution in [2.75, 3.05) is 0 Å². The molecule has 0 aromatic heterocycles. The van der Waals surface area contributed by atoms with Gasteiger partial charge in [0.1, 0.15) is 0 Å². The average Bonchev–Trinajstić information content (AvgIpc) is 1.92. The topological polar surface area (TPSA) is 161 Å². The summed E-state index contributed by atoms with van der Waals surface area (Å²) in [5, 5.41) is 33.0. The maximum absolute atomic E-state index is 8.25. The van der Waals surface area contributed by atoms with Crippen molar-refractivity contribution in [3.63, 3.8) is 0 Å². The van der Waals surface area contributed by atoms with E-state index in [1.165, 1.54) is 0 Å². The zero-order valence-electron chi connectivity index (χ0n) is 5.98. The van der Waals surface area contributed by atoms with Crippen LogP contribution in [0.2, 0.25) is 0 Å². The molecule has 0 bridgehead atoms. The Hall–Kier alpha value is -0.652. The minimum absolute atomic E-state index is 0. The molecule has 0 fully saturated rings. The van der Waals surface area contributed by atoms with Crippen LogP contribution in [-0.4, -0.2) is 29.4 Å². The van der Waals surface area contributed by atoms with Crippen LogP contribution < -0.4 is 20.1 Å². The Morgan fingerprint density at radius 1 is 0.538 bits per heavy atom. The molecule has 0 atom stereocenters. The second-order valence-electron chi connectivity index (χ2n) is 0.385. The zero-order chi connectivity index (χ0) is 10.8. The SMILES string of the molecule is O=B[O-].O=B[O-].O=B[O-].O=B[O-].[W]. The van der Waals surface area contributed by atoms with E-state index in [4.69, 9.17) is 38.9 Å². The summed E-state index contributed by atoms with van der Waals surface area (Å²) in [6, 6.07) is 0. The molecule has 0 spiro atoms. The first-order valence-corrected chi connectivity index (χ1v) is 1.89. The van der Waals surface area contributed by atoms with E-state index in [9.17, 15) is 0 Å². The van der Waals surface area contributed by atoms with Gasteiger partial charge in [-0.25, -0.2) is 0 Å². The Balaban J connectivity index is -0.0000000213. The fourth-order valence-corrected chi connectivity index (χ4v) is 0. The van der Waals surface area contributed by atoms with Gasteiger partial charge in [-0.3, -0.25) is 0 Å². The van der Waals surface area contributed by atoms with Crippen LogP contribution in [0.5, 0.6) is 0 Å². The smallest absolute Gasteiger partial charge is 0 e. The van der Waals surface area contributed by atoms with E-state index >= 15 is 0 Å². The van der Waals surface area contributed by atoms with Crippen molar-refractivity contribution in [2.24, 2.45) is 0 Å². The van der Waals surface area contributed by atoms with Gasteiger partial charge in [-0.2, -0.15) is 0 Å². The average molecular weight is 355 g/mol. The predicted molar refractivity (Wildman–Crippen MR) is 25.8 cm³/mol. The summed E-state index contributed by atoms with van der Waals surface area (Å²) in [7, 11) is -2.00. The minimum Gasteiger partial charge on any atom is 0 e. The summed E-state index contributed by atoms with van der Waals surface area (Å²) >= 11 is 0. The molecular formula is B4O8W-4. The van der Waals surface area contributed by atoms with Gasteiger partial charge in [-0.15, -0.1) is 0 Å². The van der Waals surface area contributed by atoms with Gasteiger partial charge in [0.25, 0.3) is 0 Å². The molecule has 0 radical (unpaired) electrons. The van der Waals surface area contributed by atoms with Crippen LogP contribution in [-0.2, 0) is 39.9 Å². The second-order valence-corrected chi connectivity index (χ2v) is 0.385. The second kappa shape index (κ2) is 108. The molecule has 0 aliphatic carbocycles.